The number of aliphatic imine (C=N–C) groups is 1. The van der Waals surface area contributed by atoms with Crippen LogP contribution in [0.3, 0.4) is 0 Å². The molecule has 4 aromatic heterocycles. The lowest BCUT2D eigenvalue weighted by atomic mass is 10.1. The summed E-state index contributed by atoms with van der Waals surface area (Å²) in [6.45, 7) is 3.79. The van der Waals surface area contributed by atoms with Gasteiger partial charge in [0.05, 0.1) is 5.56 Å². The molecule has 152 valence electrons. The Morgan fingerprint density at radius 3 is 2.58 bits per heavy atom. The standard InChI is InChI=1S/C22H17N7O2/c1-13-11-14(2)29-22(25-13)26-21(27-29)24-12-17-15-7-3-4-8-16(15)19(30)28(20(17)31)18-9-5-6-10-23-18/h3-12,31H,1-2H3/b24-12+. The second-order valence-corrected chi connectivity index (χ2v) is 7.03. The lowest BCUT2D eigenvalue weighted by molar-refractivity contribution is 0.435. The summed E-state index contributed by atoms with van der Waals surface area (Å²) < 4.78 is 2.77. The third kappa shape index (κ3) is 3.12. The minimum Gasteiger partial charge on any atom is -0.494 e. The highest BCUT2D eigenvalue weighted by atomic mass is 16.3. The summed E-state index contributed by atoms with van der Waals surface area (Å²) in [7, 11) is 0. The fraction of sp³-hybridized carbons (Fsp3) is 0.0909. The van der Waals surface area contributed by atoms with Crippen molar-refractivity contribution in [2.75, 3.05) is 0 Å². The number of aryl methyl sites for hydroxylation is 2. The lowest BCUT2D eigenvalue weighted by Crippen LogP contribution is -2.20. The molecule has 0 bridgehead atoms. The average molecular weight is 411 g/mol. The van der Waals surface area contributed by atoms with Crippen molar-refractivity contribution in [3.63, 3.8) is 0 Å². The first-order chi connectivity index (χ1) is 15.0. The molecule has 0 radical (unpaired) electrons. The van der Waals surface area contributed by atoms with Gasteiger partial charge in [-0.05, 0) is 38.1 Å². The van der Waals surface area contributed by atoms with E-state index in [1.807, 2.05) is 19.9 Å². The predicted octanol–water partition coefficient (Wildman–Crippen LogP) is 2.90. The van der Waals surface area contributed by atoms with Gasteiger partial charge in [-0.25, -0.2) is 19.5 Å². The van der Waals surface area contributed by atoms with Crippen LogP contribution in [-0.2, 0) is 0 Å². The third-order valence-corrected chi connectivity index (χ3v) is 4.90. The molecule has 9 heteroatoms. The molecule has 0 fully saturated rings. The maximum Gasteiger partial charge on any atom is 0.270 e. The second kappa shape index (κ2) is 7.13. The van der Waals surface area contributed by atoms with Gasteiger partial charge in [0.2, 0.25) is 5.88 Å². The van der Waals surface area contributed by atoms with E-state index in [1.54, 1.807) is 53.2 Å². The molecule has 0 aliphatic carbocycles. The van der Waals surface area contributed by atoms with E-state index >= 15 is 0 Å². The highest BCUT2D eigenvalue weighted by molar-refractivity contribution is 6.02. The van der Waals surface area contributed by atoms with Crippen LogP contribution in [0.15, 0.2) is 64.5 Å². The van der Waals surface area contributed by atoms with Crippen molar-refractivity contribution in [3.8, 4) is 11.7 Å². The van der Waals surface area contributed by atoms with Gasteiger partial charge in [-0.15, -0.1) is 5.10 Å². The average Bonchev–Trinajstić information content (AvgIpc) is 3.18. The summed E-state index contributed by atoms with van der Waals surface area (Å²) in [5, 5.41) is 16.4. The maximum atomic E-state index is 13.0. The largest absolute Gasteiger partial charge is 0.494 e. The Hall–Kier alpha value is -4.40. The molecule has 1 aromatic carbocycles. The third-order valence-electron chi connectivity index (χ3n) is 4.90. The summed E-state index contributed by atoms with van der Waals surface area (Å²) in [4.78, 5) is 30.3. The summed E-state index contributed by atoms with van der Waals surface area (Å²) in [6.07, 6.45) is 3.01. The summed E-state index contributed by atoms with van der Waals surface area (Å²) in [6, 6.07) is 14.1. The summed E-state index contributed by atoms with van der Waals surface area (Å²) in [5.74, 6) is 0.684. The number of nitrogens with zero attached hydrogens (tertiary/aromatic N) is 7. The van der Waals surface area contributed by atoms with Crippen LogP contribution in [0.25, 0.3) is 22.4 Å². The predicted molar refractivity (Wildman–Crippen MR) is 117 cm³/mol. The van der Waals surface area contributed by atoms with E-state index < -0.39 is 0 Å². The van der Waals surface area contributed by atoms with Crippen LogP contribution >= 0.6 is 0 Å². The molecule has 31 heavy (non-hydrogen) atoms. The summed E-state index contributed by atoms with van der Waals surface area (Å²) >= 11 is 0. The molecule has 1 N–H and O–H groups in total. The van der Waals surface area contributed by atoms with Crippen LogP contribution in [0.5, 0.6) is 5.88 Å². The monoisotopic (exact) mass is 411 g/mol. The van der Waals surface area contributed by atoms with Gasteiger partial charge in [0, 0.05) is 34.6 Å². The van der Waals surface area contributed by atoms with E-state index in [4.69, 9.17) is 0 Å². The van der Waals surface area contributed by atoms with Crippen molar-refractivity contribution >= 4 is 28.7 Å². The van der Waals surface area contributed by atoms with Crippen LogP contribution in [-0.4, -0.2) is 40.5 Å². The fourth-order valence-electron chi connectivity index (χ4n) is 3.52. The van der Waals surface area contributed by atoms with E-state index in [0.717, 1.165) is 16.0 Å². The van der Waals surface area contributed by atoms with E-state index in [9.17, 15) is 9.90 Å². The minimum atomic E-state index is -0.370. The number of pyridine rings is 2. The Balaban J connectivity index is 1.71. The molecule has 0 atom stereocenters. The number of aromatic nitrogens is 6. The fourth-order valence-corrected chi connectivity index (χ4v) is 3.52. The van der Waals surface area contributed by atoms with Gasteiger partial charge in [-0.1, -0.05) is 24.3 Å². The number of hydrogen-bond donors (Lipinski definition) is 1. The molecule has 4 heterocycles. The Kier molecular flexibility index (Phi) is 4.28. The first-order valence-corrected chi connectivity index (χ1v) is 9.56. The topological polar surface area (TPSA) is 111 Å². The Morgan fingerprint density at radius 2 is 1.81 bits per heavy atom. The van der Waals surface area contributed by atoms with Gasteiger partial charge in [0.25, 0.3) is 17.3 Å². The number of rotatable bonds is 3. The molecule has 0 aliphatic heterocycles. The second-order valence-electron chi connectivity index (χ2n) is 7.03. The number of hydrogen-bond acceptors (Lipinski definition) is 7. The molecule has 9 nitrogen and oxygen atoms in total. The minimum absolute atomic E-state index is 0.195. The quantitative estimate of drug-likeness (QED) is 0.457. The molecule has 0 amide bonds. The van der Waals surface area contributed by atoms with Crippen molar-refractivity contribution < 1.29 is 5.11 Å². The SMILES string of the molecule is Cc1cc(C)n2nc(/N=C/c3c(O)n(-c4ccccn4)c(=O)c4ccccc34)nc2n1. The number of aromatic hydroxyl groups is 1. The molecule has 0 aliphatic rings. The van der Waals surface area contributed by atoms with E-state index in [0.29, 0.717) is 27.9 Å². The van der Waals surface area contributed by atoms with Crippen LogP contribution < -0.4 is 5.56 Å². The zero-order chi connectivity index (χ0) is 21.5. The highest BCUT2D eigenvalue weighted by Crippen LogP contribution is 2.25. The normalized spacial score (nSPS) is 11.7. The van der Waals surface area contributed by atoms with E-state index in [1.165, 1.54) is 6.21 Å². The highest BCUT2D eigenvalue weighted by Gasteiger charge is 2.17. The maximum absolute atomic E-state index is 13.0. The van der Waals surface area contributed by atoms with Crippen LogP contribution in [0.4, 0.5) is 5.95 Å². The molecule has 5 aromatic rings. The van der Waals surface area contributed by atoms with Gasteiger partial charge in [0.15, 0.2) is 0 Å². The van der Waals surface area contributed by atoms with Gasteiger partial charge in [-0.3, -0.25) is 4.79 Å². The van der Waals surface area contributed by atoms with Crippen molar-refractivity contribution in [2.24, 2.45) is 4.99 Å². The zero-order valence-electron chi connectivity index (χ0n) is 16.8. The zero-order valence-corrected chi connectivity index (χ0v) is 16.8. The van der Waals surface area contributed by atoms with Crippen LogP contribution in [0.1, 0.15) is 17.0 Å². The van der Waals surface area contributed by atoms with E-state index in [2.05, 4.69) is 25.0 Å². The lowest BCUT2D eigenvalue weighted by Gasteiger charge is -2.12. The van der Waals surface area contributed by atoms with Crippen LogP contribution in [0, 0.1) is 13.8 Å². The number of benzene rings is 1. The molecule has 0 saturated carbocycles. The summed E-state index contributed by atoms with van der Waals surface area (Å²) in [5.41, 5.74) is 1.71. The van der Waals surface area contributed by atoms with Crippen LogP contribution in [0.2, 0.25) is 0 Å². The van der Waals surface area contributed by atoms with Crippen molar-refractivity contribution in [3.05, 3.63) is 82.0 Å². The smallest absolute Gasteiger partial charge is 0.270 e. The first-order valence-electron chi connectivity index (χ1n) is 9.56. The molecule has 5 rings (SSSR count). The molecule has 0 unspecified atom stereocenters. The van der Waals surface area contributed by atoms with Gasteiger partial charge >= 0.3 is 0 Å². The Morgan fingerprint density at radius 1 is 1.03 bits per heavy atom. The van der Waals surface area contributed by atoms with Gasteiger partial charge < -0.3 is 5.11 Å². The molecule has 0 saturated heterocycles. The first kappa shape index (κ1) is 18.6. The Labute approximate surface area is 176 Å². The number of fused-ring (bicyclic) bond motifs is 2. The molecular formula is C22H17N7O2. The van der Waals surface area contributed by atoms with Crippen molar-refractivity contribution in [2.45, 2.75) is 13.8 Å². The van der Waals surface area contributed by atoms with Crippen molar-refractivity contribution in [1.29, 1.82) is 0 Å². The molecular weight excluding hydrogens is 394 g/mol. The van der Waals surface area contributed by atoms with Crippen molar-refractivity contribution in [1.82, 2.24) is 29.1 Å². The Bertz CT molecular complexity index is 1540. The van der Waals surface area contributed by atoms with E-state index in [-0.39, 0.29) is 17.4 Å². The van der Waals surface area contributed by atoms with Gasteiger partial charge in [0.1, 0.15) is 5.82 Å². The van der Waals surface area contributed by atoms with Gasteiger partial charge in [-0.2, -0.15) is 9.50 Å². The molecule has 0 spiro atoms.